The predicted molar refractivity (Wildman–Crippen MR) is 144 cm³/mol. The number of piperidine rings is 1. The van der Waals surface area contributed by atoms with Crippen molar-refractivity contribution in [2.24, 2.45) is 0 Å². The average molecular weight is 580 g/mol. The first kappa shape index (κ1) is 29.6. The van der Waals surface area contributed by atoms with Gasteiger partial charge in [0.2, 0.25) is 5.95 Å². The molecule has 13 heteroatoms. The minimum atomic E-state index is -4.54. The Morgan fingerprint density at radius 3 is 2.20 bits per heavy atom. The molecule has 40 heavy (non-hydrogen) atoms. The van der Waals surface area contributed by atoms with E-state index in [1.165, 1.54) is 18.7 Å². The van der Waals surface area contributed by atoms with Gasteiger partial charge in [-0.25, -0.2) is 14.8 Å². The smallest absolute Gasteiger partial charge is 0.416 e. The Morgan fingerprint density at radius 1 is 1.07 bits per heavy atom. The highest BCUT2D eigenvalue weighted by Gasteiger charge is 2.41. The van der Waals surface area contributed by atoms with E-state index in [4.69, 9.17) is 16.3 Å². The normalized spacial score (nSPS) is 19.6. The number of aromatic nitrogens is 5. The molecule has 2 unspecified atom stereocenters. The number of hydrogen-bond acceptors (Lipinski definition) is 7. The van der Waals surface area contributed by atoms with E-state index in [-0.39, 0.29) is 41.9 Å². The quantitative estimate of drug-likeness (QED) is 0.309. The van der Waals surface area contributed by atoms with E-state index >= 15 is 0 Å². The molecule has 0 saturated carbocycles. The third-order valence-electron chi connectivity index (χ3n) is 7.04. The zero-order valence-electron chi connectivity index (χ0n) is 22.8. The summed E-state index contributed by atoms with van der Waals surface area (Å²) in [6.07, 6.45) is 3.65. The molecule has 1 amide bonds. The zero-order valence-corrected chi connectivity index (χ0v) is 23.6. The standard InChI is InChI=1S/C27H33ClF3N7O2/c1-5-21-10-23(11-22(6-2)38(21)26(39)40-17(3)4)37(14-18-7-19(27(29,30)31)9-20(28)8-18)25-32-12-24(13-33-25)36-15-34-35-16-36/h7-9,12-13,15-17,21-23H,5-6,10-11,14H2,1-4H3. The van der Waals surface area contributed by atoms with E-state index in [0.717, 1.165) is 12.1 Å². The number of carbonyl (C=O) groups excluding carboxylic acids is 1. The molecule has 0 radical (unpaired) electrons. The fourth-order valence-electron chi connectivity index (χ4n) is 5.19. The summed E-state index contributed by atoms with van der Waals surface area (Å²) in [5, 5.41) is 7.59. The molecule has 2 aromatic heterocycles. The fourth-order valence-corrected chi connectivity index (χ4v) is 5.44. The lowest BCUT2D eigenvalue weighted by Crippen LogP contribution is -2.57. The maximum Gasteiger partial charge on any atom is 0.416 e. The number of rotatable bonds is 8. The first-order chi connectivity index (χ1) is 19.0. The van der Waals surface area contributed by atoms with Gasteiger partial charge in [-0.2, -0.15) is 13.2 Å². The van der Waals surface area contributed by atoms with Crippen molar-refractivity contribution in [2.45, 2.75) is 90.3 Å². The van der Waals surface area contributed by atoms with E-state index in [9.17, 15) is 18.0 Å². The van der Waals surface area contributed by atoms with Crippen molar-refractivity contribution >= 4 is 23.6 Å². The topological polar surface area (TPSA) is 89.3 Å². The lowest BCUT2D eigenvalue weighted by molar-refractivity contribution is -0.137. The summed E-state index contributed by atoms with van der Waals surface area (Å²) in [6, 6.07) is 3.14. The third kappa shape index (κ3) is 6.83. The second kappa shape index (κ2) is 12.4. The number of carbonyl (C=O) groups is 1. The summed E-state index contributed by atoms with van der Waals surface area (Å²) in [6.45, 7) is 7.75. The van der Waals surface area contributed by atoms with Crippen LogP contribution in [0.3, 0.4) is 0 Å². The first-order valence-corrected chi connectivity index (χ1v) is 13.7. The summed E-state index contributed by atoms with van der Waals surface area (Å²) < 4.78 is 48.0. The van der Waals surface area contributed by atoms with E-state index in [1.807, 2.05) is 37.5 Å². The van der Waals surface area contributed by atoms with Crippen LogP contribution in [0.4, 0.5) is 23.9 Å². The van der Waals surface area contributed by atoms with Crippen molar-refractivity contribution in [1.82, 2.24) is 29.6 Å². The molecular weight excluding hydrogens is 547 g/mol. The molecule has 1 aliphatic rings. The molecule has 0 bridgehead atoms. The van der Waals surface area contributed by atoms with Crippen LogP contribution in [0, 0.1) is 0 Å². The van der Waals surface area contributed by atoms with Gasteiger partial charge in [-0.3, -0.25) is 4.57 Å². The van der Waals surface area contributed by atoms with Gasteiger partial charge < -0.3 is 14.5 Å². The van der Waals surface area contributed by atoms with Crippen LogP contribution >= 0.6 is 11.6 Å². The SMILES string of the molecule is CCC1CC(N(Cc2cc(Cl)cc(C(F)(F)F)c2)c2ncc(-n3cnnc3)cn2)CC(CC)N1C(=O)OC(C)C. The van der Waals surface area contributed by atoms with Crippen LogP contribution in [0.25, 0.3) is 5.69 Å². The van der Waals surface area contributed by atoms with E-state index in [1.54, 1.807) is 17.0 Å². The number of benzene rings is 1. The van der Waals surface area contributed by atoms with Gasteiger partial charge in [0.15, 0.2) is 0 Å². The molecule has 216 valence electrons. The number of anilines is 1. The van der Waals surface area contributed by atoms with Crippen LogP contribution < -0.4 is 4.90 Å². The molecule has 9 nitrogen and oxygen atoms in total. The number of likely N-dealkylation sites (tertiary alicyclic amines) is 1. The van der Waals surface area contributed by atoms with E-state index in [2.05, 4.69) is 20.2 Å². The highest BCUT2D eigenvalue weighted by Crippen LogP contribution is 2.35. The van der Waals surface area contributed by atoms with Crippen molar-refractivity contribution in [1.29, 1.82) is 0 Å². The molecular formula is C27H33ClF3N7O2. The highest BCUT2D eigenvalue weighted by atomic mass is 35.5. The molecule has 0 N–H and O–H groups in total. The Morgan fingerprint density at radius 2 is 1.68 bits per heavy atom. The number of ether oxygens (including phenoxy) is 1. The second-order valence-corrected chi connectivity index (χ2v) is 10.6. The lowest BCUT2D eigenvalue weighted by atomic mass is 9.87. The Labute approximate surface area is 236 Å². The van der Waals surface area contributed by atoms with Crippen LogP contribution in [0.15, 0.2) is 43.2 Å². The van der Waals surface area contributed by atoms with Gasteiger partial charge in [0, 0.05) is 29.7 Å². The predicted octanol–water partition coefficient (Wildman–Crippen LogP) is 6.30. The number of alkyl halides is 3. The maximum atomic E-state index is 13.6. The van der Waals surface area contributed by atoms with Gasteiger partial charge >= 0.3 is 12.3 Å². The van der Waals surface area contributed by atoms with Gasteiger partial charge in [0.1, 0.15) is 12.7 Å². The Kier molecular flexibility index (Phi) is 9.17. The molecule has 1 aliphatic heterocycles. The molecule has 0 spiro atoms. The summed E-state index contributed by atoms with van der Waals surface area (Å²) in [7, 11) is 0. The number of amides is 1. The van der Waals surface area contributed by atoms with Crippen molar-refractivity contribution in [3.8, 4) is 5.69 Å². The fraction of sp³-hybridized carbons (Fsp3) is 0.519. The highest BCUT2D eigenvalue weighted by molar-refractivity contribution is 6.30. The summed E-state index contributed by atoms with van der Waals surface area (Å²) in [4.78, 5) is 25.9. The Bertz CT molecular complexity index is 1260. The molecule has 1 saturated heterocycles. The second-order valence-electron chi connectivity index (χ2n) is 10.2. The number of hydrogen-bond donors (Lipinski definition) is 0. The largest absolute Gasteiger partial charge is 0.447 e. The van der Waals surface area contributed by atoms with Gasteiger partial charge in [0.05, 0.1) is 29.7 Å². The summed E-state index contributed by atoms with van der Waals surface area (Å²) in [5.74, 6) is 0.360. The maximum absolute atomic E-state index is 13.6. The number of halogens is 4. The average Bonchev–Trinajstić information content (AvgIpc) is 3.45. The van der Waals surface area contributed by atoms with Crippen LogP contribution in [0.5, 0.6) is 0 Å². The van der Waals surface area contributed by atoms with E-state index in [0.29, 0.717) is 42.9 Å². The van der Waals surface area contributed by atoms with Crippen molar-refractivity contribution in [3.63, 3.8) is 0 Å². The van der Waals surface area contributed by atoms with Crippen LogP contribution in [0.1, 0.15) is 64.5 Å². The molecule has 4 rings (SSSR count). The summed E-state index contributed by atoms with van der Waals surface area (Å²) in [5.41, 5.74) is 0.205. The monoisotopic (exact) mass is 579 g/mol. The van der Waals surface area contributed by atoms with Gasteiger partial charge in [-0.1, -0.05) is 25.4 Å². The van der Waals surface area contributed by atoms with E-state index < -0.39 is 11.7 Å². The molecule has 3 heterocycles. The Hall–Kier alpha value is -3.41. The van der Waals surface area contributed by atoms with Gasteiger partial charge in [0.25, 0.3) is 0 Å². The van der Waals surface area contributed by atoms with Crippen LogP contribution in [0.2, 0.25) is 5.02 Å². The van der Waals surface area contributed by atoms with Crippen LogP contribution in [-0.4, -0.2) is 60.0 Å². The number of nitrogens with zero attached hydrogens (tertiary/aromatic N) is 7. The molecule has 0 aliphatic carbocycles. The van der Waals surface area contributed by atoms with Crippen molar-refractivity contribution < 1.29 is 22.7 Å². The first-order valence-electron chi connectivity index (χ1n) is 13.3. The molecule has 2 atom stereocenters. The molecule has 3 aromatic rings. The molecule has 1 aromatic carbocycles. The zero-order chi connectivity index (χ0) is 29.0. The molecule has 1 fully saturated rings. The lowest BCUT2D eigenvalue weighted by Gasteiger charge is -2.47. The van der Waals surface area contributed by atoms with Gasteiger partial charge in [-0.05, 0) is 63.3 Å². The van der Waals surface area contributed by atoms with Gasteiger partial charge in [-0.15, -0.1) is 10.2 Å². The third-order valence-corrected chi connectivity index (χ3v) is 7.26. The Balaban J connectivity index is 1.70. The minimum absolute atomic E-state index is 0.00207. The van der Waals surface area contributed by atoms with Crippen molar-refractivity contribution in [3.05, 3.63) is 59.4 Å². The van der Waals surface area contributed by atoms with Crippen LogP contribution in [-0.2, 0) is 17.5 Å². The summed E-state index contributed by atoms with van der Waals surface area (Å²) >= 11 is 6.11. The van der Waals surface area contributed by atoms with Crippen molar-refractivity contribution in [2.75, 3.05) is 4.90 Å². The minimum Gasteiger partial charge on any atom is -0.447 e.